The van der Waals surface area contributed by atoms with Crippen LogP contribution in [0.15, 0.2) is 30.3 Å². The molecule has 2 aromatic rings. The van der Waals surface area contributed by atoms with Gasteiger partial charge < -0.3 is 15.8 Å². The van der Waals surface area contributed by atoms with Gasteiger partial charge in [0.1, 0.15) is 11.4 Å². The molecule has 0 aliphatic rings. The van der Waals surface area contributed by atoms with Crippen LogP contribution in [-0.2, 0) is 0 Å². The van der Waals surface area contributed by atoms with E-state index in [4.69, 9.17) is 10.5 Å². The van der Waals surface area contributed by atoms with E-state index >= 15 is 0 Å². The highest BCUT2D eigenvalue weighted by molar-refractivity contribution is 5.93. The minimum Gasteiger partial charge on any atom is -0.493 e. The molecule has 1 aromatic heterocycles. The number of nitrogens with one attached hydrogen (secondary N) is 1. The number of nitrogen functional groups attached to an aromatic ring is 1. The normalized spacial score (nSPS) is 10.5. The number of carbonyl (C=O) groups is 1. The van der Waals surface area contributed by atoms with Crippen LogP contribution < -0.4 is 15.8 Å². The Bertz CT molecular complexity index is 671. The van der Waals surface area contributed by atoms with E-state index in [9.17, 15) is 4.79 Å². The monoisotopic (exact) mass is 300 g/mol. The molecule has 22 heavy (non-hydrogen) atoms. The minimum atomic E-state index is -0.309. The summed E-state index contributed by atoms with van der Waals surface area (Å²) in [6.45, 7) is 4.75. The Morgan fingerprint density at radius 1 is 1.32 bits per heavy atom. The standard InChI is InChI=1S/C16H20N4O2/c1-10(2)9-22-14-7-5-4-6-11(14)12-8-13(15(21)18-3)20-16(17)19-12/h4-8,10H,9H2,1-3H3,(H,18,21)(H2,17,19,20). The molecular weight excluding hydrogens is 280 g/mol. The van der Waals surface area contributed by atoms with E-state index in [0.717, 1.165) is 5.56 Å². The fraction of sp³-hybridized carbons (Fsp3) is 0.312. The first kappa shape index (κ1) is 15.8. The number of anilines is 1. The van der Waals surface area contributed by atoms with Crippen molar-refractivity contribution in [3.63, 3.8) is 0 Å². The molecule has 0 saturated heterocycles. The van der Waals surface area contributed by atoms with Gasteiger partial charge in [0.25, 0.3) is 5.91 Å². The van der Waals surface area contributed by atoms with Crippen LogP contribution in [0.5, 0.6) is 5.75 Å². The molecule has 116 valence electrons. The molecule has 1 heterocycles. The number of hydrogen-bond donors (Lipinski definition) is 2. The van der Waals surface area contributed by atoms with Gasteiger partial charge in [0.2, 0.25) is 5.95 Å². The average molecular weight is 300 g/mol. The maximum atomic E-state index is 11.8. The Morgan fingerprint density at radius 3 is 2.73 bits per heavy atom. The van der Waals surface area contributed by atoms with E-state index in [1.807, 2.05) is 24.3 Å². The number of carbonyl (C=O) groups excluding carboxylic acids is 1. The molecule has 0 unspecified atom stereocenters. The Hall–Kier alpha value is -2.63. The molecule has 6 nitrogen and oxygen atoms in total. The first-order valence-electron chi connectivity index (χ1n) is 7.10. The Kier molecular flexibility index (Phi) is 4.93. The topological polar surface area (TPSA) is 90.1 Å². The van der Waals surface area contributed by atoms with Crippen LogP contribution >= 0.6 is 0 Å². The van der Waals surface area contributed by atoms with Crippen molar-refractivity contribution in [2.75, 3.05) is 19.4 Å². The second-order valence-corrected chi connectivity index (χ2v) is 5.28. The molecule has 2 rings (SSSR count). The van der Waals surface area contributed by atoms with Gasteiger partial charge in [0.05, 0.1) is 12.3 Å². The SMILES string of the molecule is CNC(=O)c1cc(-c2ccccc2OCC(C)C)nc(N)n1. The third-order valence-corrected chi connectivity index (χ3v) is 2.94. The predicted octanol–water partition coefficient (Wildman–Crippen LogP) is 2.12. The Labute approximate surface area is 129 Å². The molecule has 0 bridgehead atoms. The smallest absolute Gasteiger partial charge is 0.269 e. The molecular formula is C16H20N4O2. The molecule has 0 spiro atoms. The average Bonchev–Trinajstić information content (AvgIpc) is 2.51. The van der Waals surface area contributed by atoms with Crippen molar-refractivity contribution in [3.8, 4) is 17.0 Å². The molecule has 0 saturated carbocycles. The molecule has 0 radical (unpaired) electrons. The van der Waals surface area contributed by atoms with Crippen molar-refractivity contribution < 1.29 is 9.53 Å². The molecule has 1 amide bonds. The summed E-state index contributed by atoms with van der Waals surface area (Å²) in [6.07, 6.45) is 0. The summed E-state index contributed by atoms with van der Waals surface area (Å²) in [6, 6.07) is 9.13. The van der Waals surface area contributed by atoms with Crippen molar-refractivity contribution in [1.82, 2.24) is 15.3 Å². The summed E-state index contributed by atoms with van der Waals surface area (Å²) in [5.74, 6) is 0.854. The number of rotatable bonds is 5. The Balaban J connectivity index is 2.43. The van der Waals surface area contributed by atoms with Crippen LogP contribution in [-0.4, -0.2) is 29.5 Å². The van der Waals surface area contributed by atoms with E-state index < -0.39 is 0 Å². The van der Waals surface area contributed by atoms with Gasteiger partial charge in [-0.15, -0.1) is 0 Å². The van der Waals surface area contributed by atoms with Crippen LogP contribution in [0.2, 0.25) is 0 Å². The number of nitrogens with two attached hydrogens (primary N) is 1. The lowest BCUT2D eigenvalue weighted by Crippen LogP contribution is -2.20. The molecule has 0 fully saturated rings. The van der Waals surface area contributed by atoms with Gasteiger partial charge in [-0.3, -0.25) is 4.79 Å². The highest BCUT2D eigenvalue weighted by Crippen LogP contribution is 2.29. The van der Waals surface area contributed by atoms with Crippen LogP contribution in [0.25, 0.3) is 11.3 Å². The van der Waals surface area contributed by atoms with Crippen molar-refractivity contribution in [1.29, 1.82) is 0 Å². The molecule has 1 aromatic carbocycles. The first-order chi connectivity index (χ1) is 10.5. The van der Waals surface area contributed by atoms with E-state index in [-0.39, 0.29) is 17.5 Å². The lowest BCUT2D eigenvalue weighted by molar-refractivity contribution is 0.0958. The fourth-order valence-corrected chi connectivity index (χ4v) is 1.91. The number of nitrogens with zero attached hydrogens (tertiary/aromatic N) is 2. The lowest BCUT2D eigenvalue weighted by atomic mass is 10.1. The van der Waals surface area contributed by atoms with Gasteiger partial charge in [-0.2, -0.15) is 0 Å². The number of amides is 1. The summed E-state index contributed by atoms with van der Waals surface area (Å²) in [5.41, 5.74) is 7.28. The molecule has 3 N–H and O–H groups in total. The van der Waals surface area contributed by atoms with E-state index in [0.29, 0.717) is 24.0 Å². The summed E-state index contributed by atoms with van der Waals surface area (Å²) >= 11 is 0. The van der Waals surface area contributed by atoms with Crippen LogP contribution in [0.1, 0.15) is 24.3 Å². The summed E-state index contributed by atoms with van der Waals surface area (Å²) in [5, 5.41) is 2.53. The van der Waals surface area contributed by atoms with Crippen molar-refractivity contribution in [2.24, 2.45) is 5.92 Å². The van der Waals surface area contributed by atoms with Crippen LogP contribution in [0.4, 0.5) is 5.95 Å². The maximum Gasteiger partial charge on any atom is 0.269 e. The second-order valence-electron chi connectivity index (χ2n) is 5.28. The van der Waals surface area contributed by atoms with E-state index in [2.05, 4.69) is 29.1 Å². The Morgan fingerprint density at radius 2 is 2.05 bits per heavy atom. The largest absolute Gasteiger partial charge is 0.493 e. The zero-order chi connectivity index (χ0) is 16.1. The zero-order valence-electron chi connectivity index (χ0n) is 13.0. The van der Waals surface area contributed by atoms with Crippen LogP contribution in [0.3, 0.4) is 0 Å². The van der Waals surface area contributed by atoms with Gasteiger partial charge in [0.15, 0.2) is 0 Å². The lowest BCUT2D eigenvalue weighted by Gasteiger charge is -2.13. The molecule has 0 aliphatic heterocycles. The summed E-state index contributed by atoms with van der Waals surface area (Å²) < 4.78 is 5.82. The third kappa shape index (κ3) is 3.72. The van der Waals surface area contributed by atoms with E-state index in [1.165, 1.54) is 0 Å². The van der Waals surface area contributed by atoms with Gasteiger partial charge in [-0.05, 0) is 24.1 Å². The third-order valence-electron chi connectivity index (χ3n) is 2.94. The zero-order valence-corrected chi connectivity index (χ0v) is 13.0. The van der Waals surface area contributed by atoms with Gasteiger partial charge >= 0.3 is 0 Å². The van der Waals surface area contributed by atoms with Gasteiger partial charge in [-0.1, -0.05) is 26.0 Å². The van der Waals surface area contributed by atoms with Crippen molar-refractivity contribution >= 4 is 11.9 Å². The summed E-state index contributed by atoms with van der Waals surface area (Å²) in [4.78, 5) is 19.9. The molecule has 6 heteroatoms. The minimum absolute atomic E-state index is 0.0507. The predicted molar refractivity (Wildman–Crippen MR) is 85.6 cm³/mol. The van der Waals surface area contributed by atoms with Crippen LogP contribution in [0, 0.1) is 5.92 Å². The number of para-hydroxylation sites is 1. The van der Waals surface area contributed by atoms with E-state index in [1.54, 1.807) is 13.1 Å². The number of aromatic nitrogens is 2. The highest BCUT2D eigenvalue weighted by Gasteiger charge is 2.13. The summed E-state index contributed by atoms with van der Waals surface area (Å²) in [7, 11) is 1.54. The van der Waals surface area contributed by atoms with Crippen molar-refractivity contribution in [3.05, 3.63) is 36.0 Å². The fourth-order valence-electron chi connectivity index (χ4n) is 1.91. The quantitative estimate of drug-likeness (QED) is 0.882. The molecule has 0 atom stereocenters. The van der Waals surface area contributed by atoms with Gasteiger partial charge in [0, 0.05) is 12.6 Å². The number of hydrogen-bond acceptors (Lipinski definition) is 5. The van der Waals surface area contributed by atoms with Crippen molar-refractivity contribution in [2.45, 2.75) is 13.8 Å². The number of benzene rings is 1. The first-order valence-corrected chi connectivity index (χ1v) is 7.10. The maximum absolute atomic E-state index is 11.8. The highest BCUT2D eigenvalue weighted by atomic mass is 16.5. The number of ether oxygens (including phenoxy) is 1. The molecule has 0 aliphatic carbocycles. The second kappa shape index (κ2) is 6.89. The van der Waals surface area contributed by atoms with Gasteiger partial charge in [-0.25, -0.2) is 9.97 Å².